The van der Waals surface area contributed by atoms with Crippen molar-refractivity contribution in [3.63, 3.8) is 0 Å². The molecule has 0 fully saturated rings. The molecule has 1 aromatic heterocycles. The molecular weight excluding hydrogens is 376 g/mol. The molecular formula is C24H20N4O2. The zero-order valence-electron chi connectivity index (χ0n) is 16.2. The van der Waals surface area contributed by atoms with Crippen LogP contribution in [0.2, 0.25) is 0 Å². The standard InChI is InChI=1S/C24H20N4O2/c1-3-7-18(8-4-1)24-27-22(14-23(28-24)26-19-9-5-2-6-10-19)25-15-17-11-12-20-21(13-17)30-16-29-20/h1-14H,15-16H2,(H2,25,26,27,28). The number of rotatable bonds is 6. The number of nitrogens with one attached hydrogen (secondary N) is 2. The first-order valence-electron chi connectivity index (χ1n) is 9.72. The van der Waals surface area contributed by atoms with Crippen LogP contribution in [0.5, 0.6) is 11.5 Å². The van der Waals surface area contributed by atoms with Gasteiger partial charge in [0, 0.05) is 23.9 Å². The predicted molar refractivity (Wildman–Crippen MR) is 117 cm³/mol. The molecule has 0 aliphatic carbocycles. The maximum atomic E-state index is 5.47. The number of nitrogens with zero attached hydrogens (tertiary/aromatic N) is 2. The van der Waals surface area contributed by atoms with E-state index in [-0.39, 0.29) is 6.79 Å². The molecule has 1 aliphatic rings. The van der Waals surface area contributed by atoms with Crippen LogP contribution in [0.25, 0.3) is 11.4 Å². The largest absolute Gasteiger partial charge is 0.454 e. The van der Waals surface area contributed by atoms with Crippen molar-refractivity contribution in [1.82, 2.24) is 9.97 Å². The molecule has 6 heteroatoms. The second-order valence-corrected chi connectivity index (χ2v) is 6.86. The number of anilines is 3. The van der Waals surface area contributed by atoms with Gasteiger partial charge in [0.25, 0.3) is 0 Å². The van der Waals surface area contributed by atoms with Gasteiger partial charge in [-0.25, -0.2) is 9.97 Å². The normalized spacial score (nSPS) is 11.9. The van der Waals surface area contributed by atoms with E-state index in [0.717, 1.165) is 39.9 Å². The smallest absolute Gasteiger partial charge is 0.231 e. The Balaban J connectivity index is 1.42. The van der Waals surface area contributed by atoms with Crippen molar-refractivity contribution < 1.29 is 9.47 Å². The molecule has 0 unspecified atom stereocenters. The molecule has 1 aliphatic heterocycles. The molecule has 4 aromatic rings. The second kappa shape index (κ2) is 8.13. The van der Waals surface area contributed by atoms with Crippen molar-refractivity contribution in [2.45, 2.75) is 6.54 Å². The van der Waals surface area contributed by atoms with Crippen LogP contribution in [0.4, 0.5) is 17.3 Å². The first-order valence-corrected chi connectivity index (χ1v) is 9.72. The fourth-order valence-corrected chi connectivity index (χ4v) is 3.23. The molecule has 3 aromatic carbocycles. The van der Waals surface area contributed by atoms with Crippen molar-refractivity contribution in [3.05, 3.63) is 90.5 Å². The summed E-state index contributed by atoms with van der Waals surface area (Å²) in [6, 6.07) is 27.8. The van der Waals surface area contributed by atoms with E-state index in [9.17, 15) is 0 Å². The topological polar surface area (TPSA) is 68.3 Å². The quantitative estimate of drug-likeness (QED) is 0.465. The maximum absolute atomic E-state index is 5.47. The third-order valence-corrected chi connectivity index (χ3v) is 4.71. The highest BCUT2D eigenvalue weighted by Crippen LogP contribution is 2.32. The van der Waals surface area contributed by atoms with E-state index >= 15 is 0 Å². The minimum Gasteiger partial charge on any atom is -0.454 e. The van der Waals surface area contributed by atoms with Crippen LogP contribution in [-0.2, 0) is 6.54 Å². The van der Waals surface area contributed by atoms with Crippen LogP contribution >= 0.6 is 0 Å². The van der Waals surface area contributed by atoms with Crippen molar-refractivity contribution in [2.24, 2.45) is 0 Å². The number of ether oxygens (including phenoxy) is 2. The molecule has 0 radical (unpaired) electrons. The van der Waals surface area contributed by atoms with Gasteiger partial charge in [0.2, 0.25) is 6.79 Å². The number of hydrogen-bond donors (Lipinski definition) is 2. The van der Waals surface area contributed by atoms with E-state index in [4.69, 9.17) is 19.4 Å². The Morgan fingerprint density at radius 1 is 0.733 bits per heavy atom. The Bertz CT molecular complexity index is 1150. The van der Waals surface area contributed by atoms with Gasteiger partial charge < -0.3 is 20.1 Å². The van der Waals surface area contributed by atoms with Gasteiger partial charge in [-0.15, -0.1) is 0 Å². The highest BCUT2D eigenvalue weighted by Gasteiger charge is 2.13. The molecule has 30 heavy (non-hydrogen) atoms. The van der Waals surface area contributed by atoms with Crippen LogP contribution in [0.15, 0.2) is 84.9 Å². The number of aromatic nitrogens is 2. The summed E-state index contributed by atoms with van der Waals surface area (Å²) in [5, 5.41) is 6.76. The summed E-state index contributed by atoms with van der Waals surface area (Å²) in [4.78, 5) is 9.42. The first-order chi connectivity index (χ1) is 14.8. The summed E-state index contributed by atoms with van der Waals surface area (Å²) in [5.74, 6) is 3.67. The molecule has 2 heterocycles. The van der Waals surface area contributed by atoms with Crippen molar-refractivity contribution in [3.8, 4) is 22.9 Å². The van der Waals surface area contributed by atoms with Gasteiger partial charge in [-0.05, 0) is 29.8 Å². The Morgan fingerprint density at radius 2 is 1.47 bits per heavy atom. The van der Waals surface area contributed by atoms with Crippen LogP contribution in [0.1, 0.15) is 5.56 Å². The fraction of sp³-hybridized carbons (Fsp3) is 0.0833. The Hall–Kier alpha value is -4.06. The minimum atomic E-state index is 0.271. The summed E-state index contributed by atoms with van der Waals surface area (Å²) in [5.41, 5.74) is 3.01. The number of para-hydroxylation sites is 1. The summed E-state index contributed by atoms with van der Waals surface area (Å²) in [6.07, 6.45) is 0. The lowest BCUT2D eigenvalue weighted by Gasteiger charge is -2.12. The summed E-state index contributed by atoms with van der Waals surface area (Å²) in [7, 11) is 0. The third kappa shape index (κ3) is 4.03. The van der Waals surface area contributed by atoms with Crippen LogP contribution in [-0.4, -0.2) is 16.8 Å². The van der Waals surface area contributed by atoms with Gasteiger partial charge in [0.05, 0.1) is 0 Å². The molecule has 6 nitrogen and oxygen atoms in total. The monoisotopic (exact) mass is 396 g/mol. The lowest BCUT2D eigenvalue weighted by molar-refractivity contribution is 0.174. The average Bonchev–Trinajstić information content (AvgIpc) is 3.27. The van der Waals surface area contributed by atoms with Gasteiger partial charge in [0.1, 0.15) is 11.6 Å². The fourth-order valence-electron chi connectivity index (χ4n) is 3.23. The average molecular weight is 396 g/mol. The molecule has 148 valence electrons. The zero-order valence-corrected chi connectivity index (χ0v) is 16.2. The van der Waals surface area contributed by atoms with E-state index in [0.29, 0.717) is 12.4 Å². The Kier molecular flexibility index (Phi) is 4.88. The van der Waals surface area contributed by atoms with E-state index in [1.165, 1.54) is 0 Å². The van der Waals surface area contributed by atoms with Crippen molar-refractivity contribution in [2.75, 3.05) is 17.4 Å². The molecule has 0 saturated heterocycles. The van der Waals surface area contributed by atoms with Crippen LogP contribution < -0.4 is 20.1 Å². The van der Waals surface area contributed by atoms with Crippen LogP contribution in [0, 0.1) is 0 Å². The zero-order chi connectivity index (χ0) is 20.2. The van der Waals surface area contributed by atoms with Crippen molar-refractivity contribution in [1.29, 1.82) is 0 Å². The van der Waals surface area contributed by atoms with Gasteiger partial charge in [-0.3, -0.25) is 0 Å². The second-order valence-electron chi connectivity index (χ2n) is 6.86. The Labute approximate surface area is 174 Å². The molecule has 0 amide bonds. The molecule has 0 saturated carbocycles. The molecule has 0 spiro atoms. The van der Waals surface area contributed by atoms with Gasteiger partial charge >= 0.3 is 0 Å². The number of hydrogen-bond acceptors (Lipinski definition) is 6. The van der Waals surface area contributed by atoms with Gasteiger partial charge in [-0.1, -0.05) is 54.6 Å². The van der Waals surface area contributed by atoms with Crippen LogP contribution in [0.3, 0.4) is 0 Å². The lowest BCUT2D eigenvalue weighted by Crippen LogP contribution is -2.05. The summed E-state index contributed by atoms with van der Waals surface area (Å²) < 4.78 is 10.8. The summed E-state index contributed by atoms with van der Waals surface area (Å²) >= 11 is 0. The van der Waals surface area contributed by atoms with E-state index in [1.807, 2.05) is 84.9 Å². The maximum Gasteiger partial charge on any atom is 0.231 e. The molecule has 5 rings (SSSR count). The molecule has 0 bridgehead atoms. The number of fused-ring (bicyclic) bond motifs is 1. The highest BCUT2D eigenvalue weighted by atomic mass is 16.7. The van der Waals surface area contributed by atoms with Gasteiger partial charge in [-0.2, -0.15) is 0 Å². The van der Waals surface area contributed by atoms with E-state index < -0.39 is 0 Å². The van der Waals surface area contributed by atoms with E-state index in [2.05, 4.69) is 10.6 Å². The SMILES string of the molecule is c1ccc(Nc2cc(NCc3ccc4c(c3)OCO4)nc(-c3ccccc3)n2)cc1. The third-order valence-electron chi connectivity index (χ3n) is 4.71. The van der Waals surface area contributed by atoms with E-state index in [1.54, 1.807) is 0 Å². The predicted octanol–water partition coefficient (Wildman–Crippen LogP) is 5.23. The Morgan fingerprint density at radius 3 is 2.30 bits per heavy atom. The first kappa shape index (κ1) is 18.0. The molecule has 2 N–H and O–H groups in total. The number of benzene rings is 3. The summed E-state index contributed by atoms with van der Waals surface area (Å²) in [6.45, 7) is 0.875. The lowest BCUT2D eigenvalue weighted by atomic mass is 10.2. The highest BCUT2D eigenvalue weighted by molar-refractivity contribution is 5.65. The minimum absolute atomic E-state index is 0.271. The molecule has 0 atom stereocenters. The van der Waals surface area contributed by atoms with Crippen molar-refractivity contribution >= 4 is 17.3 Å². The van der Waals surface area contributed by atoms with Gasteiger partial charge in [0.15, 0.2) is 17.3 Å².